The van der Waals surface area contributed by atoms with E-state index < -0.39 is 6.10 Å². The van der Waals surface area contributed by atoms with Crippen molar-refractivity contribution in [2.75, 3.05) is 0 Å². The molecule has 80 valence electrons. The summed E-state index contributed by atoms with van der Waals surface area (Å²) in [6.45, 7) is 4.12. The molecule has 2 aromatic heterocycles. The van der Waals surface area contributed by atoms with Crippen molar-refractivity contribution in [1.29, 1.82) is 0 Å². The van der Waals surface area contributed by atoms with Gasteiger partial charge < -0.3 is 5.11 Å². The molecule has 0 amide bonds. The Labute approximate surface area is 102 Å². The van der Waals surface area contributed by atoms with Crippen LogP contribution in [0.5, 0.6) is 0 Å². The number of aryl methyl sites for hydroxylation is 2. The number of hydrogen-bond donors (Lipinski definition) is 1. The second kappa shape index (κ2) is 4.26. The van der Waals surface area contributed by atoms with Gasteiger partial charge in [-0.25, -0.2) is 0 Å². The predicted molar refractivity (Wildman–Crippen MR) is 67.2 cm³/mol. The third-order valence-corrected chi connectivity index (χ3v) is 4.96. The first-order valence-electron chi connectivity index (χ1n) is 4.57. The summed E-state index contributed by atoms with van der Waals surface area (Å²) in [6, 6.07) is 3.85. The van der Waals surface area contributed by atoms with Crippen molar-refractivity contribution in [3.63, 3.8) is 0 Å². The minimum absolute atomic E-state index is 0.574. The molecule has 2 rings (SSSR count). The number of rotatable bonds is 2. The van der Waals surface area contributed by atoms with E-state index in [1.165, 1.54) is 21.8 Å². The van der Waals surface area contributed by atoms with Gasteiger partial charge in [0, 0.05) is 9.75 Å². The van der Waals surface area contributed by atoms with Gasteiger partial charge in [-0.15, -0.1) is 22.7 Å². The van der Waals surface area contributed by atoms with Crippen LogP contribution in [0, 0.1) is 13.8 Å². The number of aliphatic hydroxyl groups excluding tert-OH is 1. The maximum Gasteiger partial charge on any atom is 0.124 e. The fourth-order valence-corrected chi connectivity index (χ4v) is 3.64. The predicted octanol–water partition coefficient (Wildman–Crippen LogP) is 4.16. The van der Waals surface area contributed by atoms with Crippen LogP contribution in [0.1, 0.15) is 26.3 Å². The molecule has 1 atom stereocenters. The monoisotopic (exact) mass is 258 g/mol. The molecule has 2 aromatic rings. The minimum atomic E-state index is -0.574. The van der Waals surface area contributed by atoms with Gasteiger partial charge >= 0.3 is 0 Å². The first-order valence-corrected chi connectivity index (χ1v) is 6.65. The quantitative estimate of drug-likeness (QED) is 0.858. The van der Waals surface area contributed by atoms with Crippen LogP contribution in [0.3, 0.4) is 0 Å². The molecule has 0 radical (unpaired) electrons. The second-order valence-electron chi connectivity index (χ2n) is 3.42. The molecule has 1 unspecified atom stereocenters. The molecule has 0 aliphatic rings. The average molecular weight is 259 g/mol. The minimum Gasteiger partial charge on any atom is -0.382 e. The van der Waals surface area contributed by atoms with Crippen molar-refractivity contribution in [3.05, 3.63) is 42.7 Å². The lowest BCUT2D eigenvalue weighted by molar-refractivity contribution is 0.228. The van der Waals surface area contributed by atoms with Crippen LogP contribution in [0.25, 0.3) is 0 Å². The largest absolute Gasteiger partial charge is 0.382 e. The van der Waals surface area contributed by atoms with Crippen LogP contribution in [0.4, 0.5) is 0 Å². The average Bonchev–Trinajstić information content (AvgIpc) is 2.74. The Balaban J connectivity index is 2.36. The molecule has 0 fully saturated rings. The molecule has 0 bridgehead atoms. The van der Waals surface area contributed by atoms with E-state index in [4.69, 9.17) is 11.6 Å². The molecule has 2 heterocycles. The van der Waals surface area contributed by atoms with Gasteiger partial charge in [-0.3, -0.25) is 0 Å². The van der Waals surface area contributed by atoms with E-state index in [1.807, 2.05) is 17.5 Å². The van der Waals surface area contributed by atoms with E-state index in [-0.39, 0.29) is 0 Å². The Kier molecular flexibility index (Phi) is 3.16. The highest BCUT2D eigenvalue weighted by molar-refractivity contribution is 7.13. The summed E-state index contributed by atoms with van der Waals surface area (Å²) in [5, 5.41) is 12.7. The van der Waals surface area contributed by atoms with E-state index in [0.29, 0.717) is 5.02 Å². The zero-order chi connectivity index (χ0) is 11.0. The molecule has 4 heteroatoms. The van der Waals surface area contributed by atoms with E-state index in [9.17, 15) is 5.11 Å². The lowest BCUT2D eigenvalue weighted by atomic mass is 10.2. The zero-order valence-corrected chi connectivity index (χ0v) is 10.8. The van der Waals surface area contributed by atoms with Gasteiger partial charge in [0.05, 0.1) is 9.90 Å². The van der Waals surface area contributed by atoms with E-state index >= 15 is 0 Å². The molecular weight excluding hydrogens is 248 g/mol. The summed E-state index contributed by atoms with van der Waals surface area (Å²) in [5.74, 6) is 0. The Hall–Kier alpha value is -0.350. The third kappa shape index (κ3) is 2.11. The highest BCUT2D eigenvalue weighted by atomic mass is 35.5. The topological polar surface area (TPSA) is 20.2 Å². The van der Waals surface area contributed by atoms with Gasteiger partial charge in [-0.2, -0.15) is 0 Å². The lowest BCUT2D eigenvalue weighted by Gasteiger charge is -2.05. The van der Waals surface area contributed by atoms with Crippen molar-refractivity contribution in [1.82, 2.24) is 0 Å². The highest BCUT2D eigenvalue weighted by Gasteiger charge is 2.17. The Bertz CT molecular complexity index is 453. The van der Waals surface area contributed by atoms with Crippen LogP contribution in [-0.2, 0) is 0 Å². The van der Waals surface area contributed by atoms with E-state index in [0.717, 1.165) is 9.75 Å². The van der Waals surface area contributed by atoms with Crippen molar-refractivity contribution in [3.8, 4) is 0 Å². The van der Waals surface area contributed by atoms with Crippen molar-refractivity contribution in [2.24, 2.45) is 0 Å². The van der Waals surface area contributed by atoms with E-state index in [1.54, 1.807) is 11.3 Å². The molecule has 1 nitrogen and oxygen atoms in total. The van der Waals surface area contributed by atoms with Crippen LogP contribution in [0.15, 0.2) is 17.5 Å². The number of halogens is 1. The fourth-order valence-electron chi connectivity index (χ4n) is 1.37. The summed E-state index contributed by atoms with van der Waals surface area (Å²) in [4.78, 5) is 3.05. The first kappa shape index (κ1) is 11.1. The molecule has 15 heavy (non-hydrogen) atoms. The Morgan fingerprint density at radius 2 is 2.13 bits per heavy atom. The number of hydrogen-bond acceptors (Lipinski definition) is 3. The van der Waals surface area contributed by atoms with Crippen LogP contribution in [0.2, 0.25) is 5.02 Å². The van der Waals surface area contributed by atoms with Gasteiger partial charge in [-0.05, 0) is 36.9 Å². The summed E-state index contributed by atoms with van der Waals surface area (Å²) in [7, 11) is 0. The smallest absolute Gasteiger partial charge is 0.124 e. The van der Waals surface area contributed by atoms with Gasteiger partial charge in [0.2, 0.25) is 0 Å². The summed E-state index contributed by atoms with van der Waals surface area (Å²) >= 11 is 9.11. The maximum atomic E-state index is 10.1. The SMILES string of the molecule is Cc1cc(C(O)c2sccc2Cl)sc1C. The van der Waals surface area contributed by atoms with Gasteiger partial charge in [0.15, 0.2) is 0 Å². The summed E-state index contributed by atoms with van der Waals surface area (Å²) in [5.41, 5.74) is 1.22. The van der Waals surface area contributed by atoms with Crippen LogP contribution in [-0.4, -0.2) is 5.11 Å². The summed E-state index contributed by atoms with van der Waals surface area (Å²) < 4.78 is 0. The summed E-state index contributed by atoms with van der Waals surface area (Å²) in [6.07, 6.45) is -0.574. The van der Waals surface area contributed by atoms with Crippen LogP contribution < -0.4 is 0 Å². The van der Waals surface area contributed by atoms with Gasteiger partial charge in [0.25, 0.3) is 0 Å². The van der Waals surface area contributed by atoms with E-state index in [2.05, 4.69) is 13.8 Å². The molecule has 0 aliphatic carbocycles. The molecule has 0 aliphatic heterocycles. The molecule has 0 spiro atoms. The molecule has 0 aromatic carbocycles. The highest BCUT2D eigenvalue weighted by Crippen LogP contribution is 2.36. The van der Waals surface area contributed by atoms with Crippen molar-refractivity contribution >= 4 is 34.3 Å². The van der Waals surface area contributed by atoms with Gasteiger partial charge in [-0.1, -0.05) is 11.6 Å². The maximum absolute atomic E-state index is 10.1. The molecule has 0 saturated carbocycles. The third-order valence-electron chi connectivity index (χ3n) is 2.35. The number of thiophene rings is 2. The molecule has 0 saturated heterocycles. The zero-order valence-electron chi connectivity index (χ0n) is 8.45. The van der Waals surface area contributed by atoms with Gasteiger partial charge in [0.1, 0.15) is 6.10 Å². The Morgan fingerprint density at radius 1 is 1.40 bits per heavy atom. The fraction of sp³-hybridized carbons (Fsp3) is 0.273. The number of aliphatic hydroxyl groups is 1. The molecule has 1 N–H and O–H groups in total. The van der Waals surface area contributed by atoms with Crippen molar-refractivity contribution < 1.29 is 5.11 Å². The lowest BCUT2D eigenvalue weighted by Crippen LogP contribution is -1.93. The standard InChI is InChI=1S/C11H11ClOS2/c1-6-5-9(15-7(6)2)10(13)11-8(12)3-4-14-11/h3-5,10,13H,1-2H3. The normalized spacial score (nSPS) is 13.1. The molecular formula is C11H11ClOS2. The Morgan fingerprint density at radius 3 is 2.60 bits per heavy atom. The second-order valence-corrected chi connectivity index (χ2v) is 6.07. The first-order chi connectivity index (χ1) is 7.09. The van der Waals surface area contributed by atoms with Crippen LogP contribution >= 0.6 is 34.3 Å². The van der Waals surface area contributed by atoms with Crippen molar-refractivity contribution in [2.45, 2.75) is 20.0 Å².